The molecule has 0 spiro atoms. The predicted molar refractivity (Wildman–Crippen MR) is 62.0 cm³/mol. The van der Waals surface area contributed by atoms with Gasteiger partial charge in [0, 0.05) is 24.6 Å². The molecule has 0 fully saturated rings. The van der Waals surface area contributed by atoms with Crippen LogP contribution in [-0.2, 0) is 4.79 Å². The molecule has 17 heavy (non-hydrogen) atoms. The molecule has 0 radical (unpaired) electrons. The van der Waals surface area contributed by atoms with E-state index in [0.29, 0.717) is 11.3 Å². The Bertz CT molecular complexity index is 603. The normalized spacial score (nSPS) is 10.2. The van der Waals surface area contributed by atoms with Gasteiger partial charge in [-0.25, -0.2) is 4.79 Å². The second-order valence-electron chi connectivity index (χ2n) is 3.42. The van der Waals surface area contributed by atoms with Gasteiger partial charge in [0.25, 0.3) is 5.91 Å². The van der Waals surface area contributed by atoms with Crippen molar-refractivity contribution in [1.82, 2.24) is 5.32 Å². The third-order valence-corrected chi connectivity index (χ3v) is 2.24. The minimum absolute atomic E-state index is 0.0704. The minimum atomic E-state index is -0.416. The highest BCUT2D eigenvalue weighted by atomic mass is 16.5. The van der Waals surface area contributed by atoms with Crippen LogP contribution in [0.15, 0.2) is 39.5 Å². The number of ether oxygens (including phenoxy) is 1. The van der Waals surface area contributed by atoms with Crippen LogP contribution in [-0.4, -0.2) is 19.6 Å². The van der Waals surface area contributed by atoms with Gasteiger partial charge >= 0.3 is 5.63 Å². The van der Waals surface area contributed by atoms with Gasteiger partial charge in [-0.3, -0.25) is 4.79 Å². The summed E-state index contributed by atoms with van der Waals surface area (Å²) in [5, 5.41) is 3.25. The molecule has 1 aromatic carbocycles. The number of hydrogen-bond acceptors (Lipinski definition) is 4. The molecular weight excluding hydrogens is 222 g/mol. The first-order chi connectivity index (χ1) is 8.19. The Hall–Kier alpha value is -2.30. The van der Waals surface area contributed by atoms with E-state index in [0.717, 1.165) is 5.39 Å². The Labute approximate surface area is 97.0 Å². The van der Waals surface area contributed by atoms with E-state index in [2.05, 4.69) is 5.32 Å². The maximum atomic E-state index is 11.0. The lowest BCUT2D eigenvalue weighted by Gasteiger charge is -2.05. The number of hydrogen-bond donors (Lipinski definition) is 1. The molecule has 0 aliphatic carbocycles. The Morgan fingerprint density at radius 1 is 1.35 bits per heavy atom. The number of rotatable bonds is 3. The highest BCUT2D eigenvalue weighted by Gasteiger charge is 2.02. The van der Waals surface area contributed by atoms with Crippen LogP contribution < -0.4 is 15.7 Å². The van der Waals surface area contributed by atoms with E-state index in [4.69, 9.17) is 9.15 Å². The van der Waals surface area contributed by atoms with Crippen molar-refractivity contribution in [3.8, 4) is 5.75 Å². The Balaban J connectivity index is 2.25. The summed E-state index contributed by atoms with van der Waals surface area (Å²) in [6.45, 7) is -0.0704. The van der Waals surface area contributed by atoms with Crippen LogP contribution in [0.4, 0.5) is 0 Å². The van der Waals surface area contributed by atoms with Crippen LogP contribution in [0, 0.1) is 0 Å². The summed E-state index contributed by atoms with van der Waals surface area (Å²) in [5.74, 6) is 0.259. The van der Waals surface area contributed by atoms with E-state index in [1.54, 1.807) is 24.3 Å². The first kappa shape index (κ1) is 11.2. The highest BCUT2D eigenvalue weighted by Crippen LogP contribution is 2.19. The van der Waals surface area contributed by atoms with Gasteiger partial charge in [0.1, 0.15) is 11.3 Å². The lowest BCUT2D eigenvalue weighted by molar-refractivity contribution is -0.122. The average Bonchev–Trinajstić information content (AvgIpc) is 2.35. The number of fused-ring (bicyclic) bond motifs is 1. The lowest BCUT2D eigenvalue weighted by Crippen LogP contribution is -2.24. The van der Waals surface area contributed by atoms with Crippen LogP contribution in [0.25, 0.3) is 11.0 Å². The molecule has 5 heteroatoms. The van der Waals surface area contributed by atoms with Crippen molar-refractivity contribution in [3.05, 3.63) is 40.8 Å². The van der Waals surface area contributed by atoms with E-state index in [1.165, 1.54) is 13.1 Å². The largest absolute Gasteiger partial charge is 0.484 e. The van der Waals surface area contributed by atoms with Crippen molar-refractivity contribution in [2.24, 2.45) is 0 Å². The van der Waals surface area contributed by atoms with Crippen LogP contribution in [0.5, 0.6) is 5.75 Å². The van der Waals surface area contributed by atoms with Gasteiger partial charge in [-0.15, -0.1) is 0 Å². The second-order valence-corrected chi connectivity index (χ2v) is 3.42. The van der Waals surface area contributed by atoms with Crippen LogP contribution in [0.3, 0.4) is 0 Å². The Kier molecular flexibility index (Phi) is 3.09. The highest BCUT2D eigenvalue weighted by molar-refractivity contribution is 5.79. The van der Waals surface area contributed by atoms with E-state index < -0.39 is 5.63 Å². The second kappa shape index (κ2) is 4.69. The van der Waals surface area contributed by atoms with Crippen LogP contribution in [0.1, 0.15) is 0 Å². The van der Waals surface area contributed by atoms with Crippen molar-refractivity contribution < 1.29 is 13.9 Å². The lowest BCUT2D eigenvalue weighted by atomic mass is 10.2. The summed E-state index contributed by atoms with van der Waals surface area (Å²) in [7, 11) is 1.53. The maximum Gasteiger partial charge on any atom is 0.336 e. The number of carbonyl (C=O) groups is 1. The van der Waals surface area contributed by atoms with Crippen molar-refractivity contribution in [2.45, 2.75) is 0 Å². The maximum absolute atomic E-state index is 11.0. The quantitative estimate of drug-likeness (QED) is 0.800. The Morgan fingerprint density at radius 3 is 2.88 bits per heavy atom. The minimum Gasteiger partial charge on any atom is -0.484 e. The third kappa shape index (κ3) is 2.63. The molecule has 1 aromatic heterocycles. The van der Waals surface area contributed by atoms with E-state index in [1.807, 2.05) is 0 Å². The number of nitrogens with one attached hydrogen (secondary N) is 1. The summed E-state index contributed by atoms with van der Waals surface area (Å²) in [6, 6.07) is 8.08. The summed E-state index contributed by atoms with van der Waals surface area (Å²) < 4.78 is 10.2. The van der Waals surface area contributed by atoms with E-state index >= 15 is 0 Å². The molecule has 5 nitrogen and oxygen atoms in total. The molecule has 0 bridgehead atoms. The molecule has 0 aliphatic heterocycles. The van der Waals surface area contributed by atoms with Gasteiger partial charge in [0.05, 0.1) is 0 Å². The van der Waals surface area contributed by atoms with Crippen LogP contribution in [0.2, 0.25) is 0 Å². The summed E-state index contributed by atoms with van der Waals surface area (Å²) in [5.41, 5.74) is 0.0212. The topological polar surface area (TPSA) is 68.5 Å². The zero-order valence-corrected chi connectivity index (χ0v) is 9.23. The molecule has 0 unspecified atom stereocenters. The smallest absolute Gasteiger partial charge is 0.336 e. The third-order valence-electron chi connectivity index (χ3n) is 2.24. The monoisotopic (exact) mass is 233 g/mol. The van der Waals surface area contributed by atoms with Gasteiger partial charge in [-0.1, -0.05) is 0 Å². The fourth-order valence-corrected chi connectivity index (χ4v) is 1.35. The number of likely N-dealkylation sites (N-methyl/N-ethyl adjacent to an activating group) is 1. The van der Waals surface area contributed by atoms with Crippen LogP contribution >= 0.6 is 0 Å². The zero-order valence-electron chi connectivity index (χ0n) is 9.23. The molecular formula is C12H11NO4. The molecule has 1 amide bonds. The molecule has 0 atom stereocenters. The standard InChI is InChI=1S/C12H11NO4/c1-13-11(14)7-16-9-4-2-8-3-5-12(15)17-10(8)6-9/h2-6H,7H2,1H3,(H,13,14). The fraction of sp³-hybridized carbons (Fsp3) is 0.167. The summed E-state index contributed by atoms with van der Waals surface area (Å²) in [4.78, 5) is 22.0. The summed E-state index contributed by atoms with van der Waals surface area (Å²) >= 11 is 0. The van der Waals surface area contributed by atoms with Gasteiger partial charge in [0.15, 0.2) is 6.61 Å². The molecule has 1 N–H and O–H groups in total. The molecule has 88 valence electrons. The van der Waals surface area contributed by atoms with Crippen molar-refractivity contribution in [1.29, 1.82) is 0 Å². The molecule has 0 aliphatic rings. The van der Waals surface area contributed by atoms with E-state index in [9.17, 15) is 9.59 Å². The zero-order chi connectivity index (χ0) is 12.3. The van der Waals surface area contributed by atoms with Gasteiger partial charge in [0.2, 0.25) is 0 Å². The van der Waals surface area contributed by atoms with Gasteiger partial charge < -0.3 is 14.5 Å². The first-order valence-corrected chi connectivity index (χ1v) is 5.06. The molecule has 2 rings (SSSR count). The predicted octanol–water partition coefficient (Wildman–Crippen LogP) is 0.918. The Morgan fingerprint density at radius 2 is 2.12 bits per heavy atom. The SMILES string of the molecule is CNC(=O)COc1ccc2ccc(=O)oc2c1. The number of benzene rings is 1. The fourth-order valence-electron chi connectivity index (χ4n) is 1.35. The molecule has 0 saturated carbocycles. The first-order valence-electron chi connectivity index (χ1n) is 5.06. The van der Waals surface area contributed by atoms with E-state index in [-0.39, 0.29) is 12.5 Å². The van der Waals surface area contributed by atoms with Gasteiger partial charge in [-0.05, 0) is 18.2 Å². The van der Waals surface area contributed by atoms with Crippen molar-refractivity contribution in [2.75, 3.05) is 13.7 Å². The number of amides is 1. The van der Waals surface area contributed by atoms with Gasteiger partial charge in [-0.2, -0.15) is 0 Å². The molecule has 1 heterocycles. The molecule has 2 aromatic rings. The summed E-state index contributed by atoms with van der Waals surface area (Å²) in [6.07, 6.45) is 0. The van der Waals surface area contributed by atoms with Crippen molar-refractivity contribution >= 4 is 16.9 Å². The average molecular weight is 233 g/mol. The van der Waals surface area contributed by atoms with Crippen molar-refractivity contribution in [3.63, 3.8) is 0 Å². The number of carbonyl (C=O) groups excluding carboxylic acids is 1. The molecule has 0 saturated heterocycles.